The summed E-state index contributed by atoms with van der Waals surface area (Å²) < 4.78 is 37.8. The summed E-state index contributed by atoms with van der Waals surface area (Å²) >= 11 is 1.05. The molecule has 1 aliphatic rings. The molecule has 2 N–H and O–H groups in total. The van der Waals surface area contributed by atoms with Gasteiger partial charge in [0.25, 0.3) is 5.91 Å². The van der Waals surface area contributed by atoms with Crippen molar-refractivity contribution in [3.05, 3.63) is 40.4 Å². The monoisotopic (exact) mass is 369 g/mol. The number of aryl methyl sites for hydroxylation is 1. The van der Waals surface area contributed by atoms with Crippen LogP contribution >= 0.6 is 11.3 Å². The van der Waals surface area contributed by atoms with Gasteiger partial charge in [0.1, 0.15) is 9.88 Å². The van der Waals surface area contributed by atoms with E-state index in [1.54, 1.807) is 6.92 Å². The van der Waals surface area contributed by atoms with E-state index < -0.39 is 17.6 Å². The molecule has 1 fully saturated rings. The normalized spacial score (nSPS) is 14.2. The number of hydrazine groups is 1. The van der Waals surface area contributed by atoms with Crippen molar-refractivity contribution in [2.45, 2.75) is 25.9 Å². The number of rotatable bonds is 3. The van der Waals surface area contributed by atoms with Gasteiger partial charge in [0, 0.05) is 11.5 Å². The van der Waals surface area contributed by atoms with Gasteiger partial charge in [-0.1, -0.05) is 12.1 Å². The Labute approximate surface area is 145 Å². The van der Waals surface area contributed by atoms with Gasteiger partial charge < -0.3 is 0 Å². The van der Waals surface area contributed by atoms with Crippen molar-refractivity contribution in [2.75, 3.05) is 0 Å². The van der Waals surface area contributed by atoms with E-state index in [2.05, 4.69) is 15.8 Å². The number of nitrogens with one attached hydrogen (secondary N) is 2. The molecule has 0 bridgehead atoms. The van der Waals surface area contributed by atoms with Gasteiger partial charge in [-0.05, 0) is 31.9 Å². The maximum atomic E-state index is 12.6. The van der Waals surface area contributed by atoms with Crippen molar-refractivity contribution in [1.29, 1.82) is 0 Å². The van der Waals surface area contributed by atoms with E-state index in [-0.39, 0.29) is 11.8 Å². The number of alkyl halides is 3. The summed E-state index contributed by atoms with van der Waals surface area (Å²) in [4.78, 5) is 28.2. The lowest BCUT2D eigenvalue weighted by molar-refractivity contribution is -0.137. The Morgan fingerprint density at radius 3 is 2.36 bits per heavy atom. The van der Waals surface area contributed by atoms with E-state index in [1.807, 2.05) is 0 Å². The maximum Gasteiger partial charge on any atom is 0.416 e. The van der Waals surface area contributed by atoms with Crippen LogP contribution in [0, 0.1) is 12.8 Å². The minimum absolute atomic E-state index is 0.0365. The number of aromatic nitrogens is 1. The van der Waals surface area contributed by atoms with Gasteiger partial charge in [0.15, 0.2) is 0 Å². The second kappa shape index (κ2) is 6.47. The van der Waals surface area contributed by atoms with Crippen LogP contribution in [0.4, 0.5) is 13.2 Å². The fraction of sp³-hybridized carbons (Fsp3) is 0.312. The van der Waals surface area contributed by atoms with Crippen LogP contribution in [0.15, 0.2) is 24.3 Å². The number of halogens is 3. The van der Waals surface area contributed by atoms with Gasteiger partial charge in [-0.2, -0.15) is 13.2 Å². The molecule has 1 heterocycles. The Hall–Kier alpha value is -2.42. The quantitative estimate of drug-likeness (QED) is 0.816. The highest BCUT2D eigenvalue weighted by Gasteiger charge is 2.31. The molecule has 0 unspecified atom stereocenters. The SMILES string of the molecule is Cc1nc(-c2ccc(C(F)(F)F)cc2)sc1C(=O)NNC(=O)C1CC1. The first kappa shape index (κ1) is 17.4. The van der Waals surface area contributed by atoms with E-state index in [1.165, 1.54) is 12.1 Å². The minimum Gasteiger partial charge on any atom is -0.273 e. The van der Waals surface area contributed by atoms with Crippen molar-refractivity contribution in [2.24, 2.45) is 5.92 Å². The first-order valence-corrected chi connectivity index (χ1v) is 8.32. The molecule has 0 spiro atoms. The van der Waals surface area contributed by atoms with Crippen LogP contribution in [0.5, 0.6) is 0 Å². The smallest absolute Gasteiger partial charge is 0.273 e. The van der Waals surface area contributed by atoms with Crippen LogP contribution in [0.1, 0.15) is 33.8 Å². The largest absolute Gasteiger partial charge is 0.416 e. The predicted molar refractivity (Wildman–Crippen MR) is 85.6 cm³/mol. The average molecular weight is 369 g/mol. The Bertz CT molecular complexity index is 811. The zero-order valence-corrected chi connectivity index (χ0v) is 13.9. The zero-order chi connectivity index (χ0) is 18.2. The summed E-state index contributed by atoms with van der Waals surface area (Å²) in [6, 6.07) is 4.58. The third-order valence-electron chi connectivity index (χ3n) is 3.71. The van der Waals surface area contributed by atoms with Crippen LogP contribution in [-0.4, -0.2) is 16.8 Å². The van der Waals surface area contributed by atoms with Gasteiger partial charge in [-0.3, -0.25) is 20.4 Å². The molecular formula is C16H14F3N3O2S. The molecule has 25 heavy (non-hydrogen) atoms. The van der Waals surface area contributed by atoms with E-state index >= 15 is 0 Å². The van der Waals surface area contributed by atoms with E-state index in [4.69, 9.17) is 0 Å². The Kier molecular flexibility index (Phi) is 4.51. The minimum atomic E-state index is -4.40. The van der Waals surface area contributed by atoms with Crippen LogP contribution in [0.25, 0.3) is 10.6 Å². The van der Waals surface area contributed by atoms with Crippen LogP contribution in [0.2, 0.25) is 0 Å². The van der Waals surface area contributed by atoms with Crippen LogP contribution in [-0.2, 0) is 11.0 Å². The van der Waals surface area contributed by atoms with Gasteiger partial charge in [-0.15, -0.1) is 11.3 Å². The van der Waals surface area contributed by atoms with Gasteiger partial charge in [-0.25, -0.2) is 4.98 Å². The van der Waals surface area contributed by atoms with Crippen LogP contribution in [0.3, 0.4) is 0 Å². The molecule has 1 aliphatic carbocycles. The molecule has 2 amide bonds. The fourth-order valence-electron chi connectivity index (χ4n) is 2.16. The summed E-state index contributed by atoms with van der Waals surface area (Å²) in [5, 5.41) is 0.435. The van der Waals surface area contributed by atoms with Gasteiger partial charge >= 0.3 is 6.18 Å². The number of thiazole rings is 1. The summed E-state index contributed by atoms with van der Waals surface area (Å²) in [5.74, 6) is -0.758. The van der Waals surface area contributed by atoms with Crippen molar-refractivity contribution < 1.29 is 22.8 Å². The number of benzene rings is 1. The standard InChI is InChI=1S/C16H14F3N3O2S/c1-8-12(14(24)22-21-13(23)9-2-3-9)25-15(20-8)10-4-6-11(7-5-10)16(17,18)19/h4-7,9H,2-3H2,1H3,(H,21,23)(H,22,24). The molecule has 9 heteroatoms. The summed E-state index contributed by atoms with van der Waals surface area (Å²) in [5.41, 5.74) is 4.88. The molecule has 1 aromatic carbocycles. The first-order chi connectivity index (χ1) is 11.8. The third-order valence-corrected chi connectivity index (χ3v) is 4.91. The molecule has 132 valence electrons. The topological polar surface area (TPSA) is 71.1 Å². The zero-order valence-electron chi connectivity index (χ0n) is 13.1. The van der Waals surface area contributed by atoms with E-state index in [9.17, 15) is 22.8 Å². The van der Waals surface area contributed by atoms with E-state index in [0.29, 0.717) is 21.1 Å². The predicted octanol–water partition coefficient (Wildman–Crippen LogP) is 3.31. The Morgan fingerprint density at radius 1 is 1.16 bits per heavy atom. The molecular weight excluding hydrogens is 355 g/mol. The molecule has 1 saturated carbocycles. The average Bonchev–Trinajstić information content (AvgIpc) is 3.34. The fourth-order valence-corrected chi connectivity index (χ4v) is 3.12. The highest BCUT2D eigenvalue weighted by atomic mass is 32.1. The second-order valence-electron chi connectivity index (χ2n) is 5.73. The molecule has 0 atom stereocenters. The highest BCUT2D eigenvalue weighted by molar-refractivity contribution is 7.17. The summed E-state index contributed by atoms with van der Waals surface area (Å²) in [6.45, 7) is 1.63. The maximum absolute atomic E-state index is 12.6. The number of nitrogens with zero attached hydrogens (tertiary/aromatic N) is 1. The van der Waals surface area contributed by atoms with Gasteiger partial charge in [0.2, 0.25) is 5.91 Å². The number of hydrogen-bond donors (Lipinski definition) is 2. The molecule has 0 radical (unpaired) electrons. The molecule has 2 aromatic rings. The Morgan fingerprint density at radius 2 is 1.80 bits per heavy atom. The second-order valence-corrected chi connectivity index (χ2v) is 6.73. The van der Waals surface area contributed by atoms with Gasteiger partial charge in [0.05, 0.1) is 11.3 Å². The van der Waals surface area contributed by atoms with Crippen molar-refractivity contribution in [3.8, 4) is 10.6 Å². The van der Waals surface area contributed by atoms with Crippen molar-refractivity contribution in [3.63, 3.8) is 0 Å². The lowest BCUT2D eigenvalue weighted by Gasteiger charge is -2.06. The van der Waals surface area contributed by atoms with Crippen molar-refractivity contribution in [1.82, 2.24) is 15.8 Å². The molecule has 5 nitrogen and oxygen atoms in total. The summed E-state index contributed by atoms with van der Waals surface area (Å²) in [7, 11) is 0. The number of amides is 2. The number of hydrogen-bond acceptors (Lipinski definition) is 4. The molecule has 3 rings (SSSR count). The third kappa shape index (κ3) is 3.98. The molecule has 0 saturated heterocycles. The number of carbonyl (C=O) groups excluding carboxylic acids is 2. The lowest BCUT2D eigenvalue weighted by atomic mass is 10.1. The highest BCUT2D eigenvalue weighted by Crippen LogP contribution is 2.33. The lowest BCUT2D eigenvalue weighted by Crippen LogP contribution is -2.42. The van der Waals surface area contributed by atoms with E-state index in [0.717, 1.165) is 36.3 Å². The molecule has 1 aromatic heterocycles. The van der Waals surface area contributed by atoms with Crippen LogP contribution < -0.4 is 10.9 Å². The number of carbonyl (C=O) groups is 2. The van der Waals surface area contributed by atoms with Crippen molar-refractivity contribution >= 4 is 23.2 Å². The first-order valence-electron chi connectivity index (χ1n) is 7.51. The summed E-state index contributed by atoms with van der Waals surface area (Å²) in [6.07, 6.45) is -2.76. The Balaban J connectivity index is 1.73. The molecule has 0 aliphatic heterocycles.